The molecule has 7 N–H and O–H groups in total. The first kappa shape index (κ1) is 52.2. The minimum absolute atomic E-state index is 0.0313. The summed E-state index contributed by atoms with van der Waals surface area (Å²) in [6, 6.07) is 0. The number of hydrogen-bond donors (Lipinski definition) is 6. The van der Waals surface area contributed by atoms with E-state index in [0.29, 0.717) is 18.4 Å². The normalized spacial score (nSPS) is 42.2. The Kier molecular flexibility index (Phi) is 20.1. The van der Waals surface area contributed by atoms with E-state index in [0.717, 1.165) is 5.57 Å². The first-order valence-electron chi connectivity index (χ1n) is 21.7. The summed E-state index contributed by atoms with van der Waals surface area (Å²) < 4.78 is 41.4. The maximum absolute atomic E-state index is 13.9. The fourth-order valence-corrected chi connectivity index (χ4v) is 8.94. The summed E-state index contributed by atoms with van der Waals surface area (Å²) in [6.07, 6.45) is 2.20. The van der Waals surface area contributed by atoms with E-state index in [2.05, 4.69) is 0 Å². The van der Waals surface area contributed by atoms with E-state index in [-0.39, 0.29) is 42.3 Å². The lowest BCUT2D eigenvalue weighted by atomic mass is 9.77. The number of aliphatic hydroxyl groups is 5. The Labute approximate surface area is 362 Å². The Morgan fingerprint density at radius 3 is 2.34 bits per heavy atom. The van der Waals surface area contributed by atoms with E-state index in [1.165, 1.54) is 20.3 Å². The van der Waals surface area contributed by atoms with Gasteiger partial charge in [-0.15, -0.1) is 0 Å². The Balaban J connectivity index is 2.00. The molecule has 18 atom stereocenters. The molecule has 0 aromatic carbocycles. The number of nitrogens with two attached hydrogens (primary N) is 1. The molecule has 0 radical (unpaired) electrons. The molecule has 1 amide bonds. The van der Waals surface area contributed by atoms with Crippen molar-refractivity contribution in [3.8, 4) is 0 Å². The Hall–Kier alpha value is -3.12. The van der Waals surface area contributed by atoms with Gasteiger partial charge in [0.25, 0.3) is 0 Å². The number of amides is 1. The second-order valence-electron chi connectivity index (χ2n) is 17.5. The Bertz CT molecular complexity index is 1570. The molecule has 0 saturated carbocycles. The van der Waals surface area contributed by atoms with Gasteiger partial charge >= 0.3 is 12.1 Å². The van der Waals surface area contributed by atoms with E-state index in [9.17, 15) is 35.1 Å². The van der Waals surface area contributed by atoms with Crippen molar-refractivity contribution in [2.75, 3.05) is 14.2 Å². The predicted octanol–water partition coefficient (Wildman–Crippen LogP) is 4.98. The van der Waals surface area contributed by atoms with Gasteiger partial charge in [-0.1, -0.05) is 89.1 Å². The van der Waals surface area contributed by atoms with Gasteiger partial charge < -0.3 is 64.4 Å². The third kappa shape index (κ3) is 13.7. The zero-order chi connectivity index (χ0) is 45.9. The van der Waals surface area contributed by atoms with Crippen LogP contribution in [0.15, 0.2) is 59.4 Å². The molecule has 15 nitrogen and oxygen atoms in total. The van der Waals surface area contributed by atoms with Crippen molar-refractivity contribution in [3.63, 3.8) is 0 Å². The van der Waals surface area contributed by atoms with Crippen molar-refractivity contribution in [1.29, 1.82) is 0 Å². The molecule has 3 aliphatic heterocycles. The van der Waals surface area contributed by atoms with Gasteiger partial charge in [-0.3, -0.25) is 0 Å². The molecule has 0 aliphatic carbocycles. The van der Waals surface area contributed by atoms with Crippen LogP contribution < -0.4 is 5.73 Å². The standard InChI is InChI=1S/C46H75NO14/c1-13-16-34-28(7)37(58-38-22-33(48)43(31(10)57-38)60-45(47)53)23-46(54,61-34)30(9)41(51)29(8)42-35(55-11)18-15-17-24(3)19-26(5)39(49)32(14-2)40(50)27(6)20-25(4)21-36(56-12)44(52)59-42/h13,15-18,20-21,26-35,37-43,48-51,54H,14,19,22-23H2,1-12H3,(H2,47,53)/b16-13+,18-15+,24-17+,25-20+,36-21-/t26-,27+,28-,29+,30-,31-,32-,33-,34-,35-,37-,38+,39-,40+,41-,42+,43-,46+/m1/s1. The number of carbonyl (C=O) groups excluding carboxylic acids is 2. The van der Waals surface area contributed by atoms with E-state index in [1.54, 1.807) is 52.0 Å². The second-order valence-corrected chi connectivity index (χ2v) is 17.5. The van der Waals surface area contributed by atoms with Gasteiger partial charge in [-0.2, -0.15) is 0 Å². The zero-order valence-corrected chi connectivity index (χ0v) is 38.2. The van der Waals surface area contributed by atoms with Crippen molar-refractivity contribution >= 4 is 12.1 Å². The molecule has 0 aromatic heterocycles. The molecule has 2 saturated heterocycles. The number of cyclic esters (lactones) is 1. The highest BCUT2D eigenvalue weighted by Crippen LogP contribution is 2.42. The van der Waals surface area contributed by atoms with Crippen LogP contribution in [0.25, 0.3) is 0 Å². The molecule has 15 heteroatoms. The molecule has 2 fully saturated rings. The van der Waals surface area contributed by atoms with Gasteiger partial charge in [0.1, 0.15) is 12.2 Å². The fraction of sp³-hybridized carbons (Fsp3) is 0.739. The quantitative estimate of drug-likeness (QED) is 0.119. The van der Waals surface area contributed by atoms with Crippen LogP contribution in [0.3, 0.4) is 0 Å². The number of esters is 1. The minimum atomic E-state index is -1.97. The van der Waals surface area contributed by atoms with Gasteiger partial charge in [-0.25, -0.2) is 9.59 Å². The lowest BCUT2D eigenvalue weighted by Gasteiger charge is -2.49. The molecule has 0 aromatic rings. The highest BCUT2D eigenvalue weighted by molar-refractivity contribution is 5.87. The molecule has 348 valence electrons. The van der Waals surface area contributed by atoms with Gasteiger partial charge in [-0.05, 0) is 52.5 Å². The molecule has 0 spiro atoms. The number of hydrogen-bond acceptors (Lipinski definition) is 14. The SMILES string of the molecule is C/C=C/[C@H]1O[C@](O)([C@H](C)[C@H](O)[C@H](C)[C@@H]2OC(=O)/C(OC)=C/C(C)=C/[C@H](C)[C@H](O)[C@H](CC)[C@H](O)[C@H](C)C/C(C)=C/C=C/[C@H]2OC)C[C@@H](O[C@H]2C[C@@H](O)[C@H](OC(N)=O)[C@@H](C)O2)[C@@H]1C. The predicted molar refractivity (Wildman–Crippen MR) is 228 cm³/mol. The van der Waals surface area contributed by atoms with Gasteiger partial charge in [0.05, 0.1) is 49.8 Å². The fourth-order valence-electron chi connectivity index (χ4n) is 8.94. The molecule has 3 rings (SSSR count). The Morgan fingerprint density at radius 1 is 1.10 bits per heavy atom. The highest BCUT2D eigenvalue weighted by Gasteiger charge is 2.52. The van der Waals surface area contributed by atoms with Crippen molar-refractivity contribution < 1.29 is 68.3 Å². The summed E-state index contributed by atoms with van der Waals surface area (Å²) in [5.41, 5.74) is 6.78. The summed E-state index contributed by atoms with van der Waals surface area (Å²) in [5.74, 6) is -6.00. The van der Waals surface area contributed by atoms with Crippen molar-refractivity contribution in [1.82, 2.24) is 0 Å². The van der Waals surface area contributed by atoms with E-state index < -0.39 is 97.0 Å². The number of ether oxygens (including phenoxy) is 7. The lowest BCUT2D eigenvalue weighted by Crippen LogP contribution is -2.59. The number of carbonyl (C=O) groups is 2. The van der Waals surface area contributed by atoms with Crippen LogP contribution in [0.1, 0.15) is 94.9 Å². The average Bonchev–Trinajstić information content (AvgIpc) is 3.19. The van der Waals surface area contributed by atoms with E-state index in [1.807, 2.05) is 53.7 Å². The molecule has 61 heavy (non-hydrogen) atoms. The molecule has 3 aliphatic rings. The van der Waals surface area contributed by atoms with Crippen molar-refractivity contribution in [2.45, 2.75) is 168 Å². The summed E-state index contributed by atoms with van der Waals surface area (Å²) >= 11 is 0. The topological polar surface area (TPSA) is 226 Å². The van der Waals surface area contributed by atoms with Gasteiger partial charge in [0, 0.05) is 49.5 Å². The largest absolute Gasteiger partial charge is 0.490 e. The summed E-state index contributed by atoms with van der Waals surface area (Å²) in [7, 11) is 2.81. The monoisotopic (exact) mass is 866 g/mol. The number of rotatable bonds is 11. The second kappa shape index (κ2) is 23.5. The number of allylic oxidation sites excluding steroid dienone is 6. The average molecular weight is 866 g/mol. The first-order chi connectivity index (χ1) is 28.6. The van der Waals surface area contributed by atoms with Gasteiger partial charge in [0.15, 0.2) is 18.2 Å². The summed E-state index contributed by atoms with van der Waals surface area (Å²) in [4.78, 5) is 25.4. The van der Waals surface area contributed by atoms with Gasteiger partial charge in [0.2, 0.25) is 5.76 Å². The zero-order valence-electron chi connectivity index (χ0n) is 38.2. The van der Waals surface area contributed by atoms with Crippen molar-refractivity contribution in [3.05, 3.63) is 59.4 Å². The molecule has 3 heterocycles. The van der Waals surface area contributed by atoms with E-state index >= 15 is 0 Å². The third-order valence-corrected chi connectivity index (χ3v) is 12.8. The molecular weight excluding hydrogens is 790 g/mol. The minimum Gasteiger partial charge on any atom is -0.490 e. The number of primary amides is 1. The summed E-state index contributed by atoms with van der Waals surface area (Å²) in [5, 5.41) is 58.0. The van der Waals surface area contributed by atoms with Crippen LogP contribution in [-0.2, 0) is 38.0 Å². The lowest BCUT2D eigenvalue weighted by molar-refractivity contribution is -0.338. The maximum Gasteiger partial charge on any atom is 0.404 e. The number of methoxy groups -OCH3 is 2. The first-order valence-corrected chi connectivity index (χ1v) is 21.7. The van der Waals surface area contributed by atoms with Crippen LogP contribution >= 0.6 is 0 Å². The number of aliphatic hydroxyl groups excluding tert-OH is 4. The van der Waals surface area contributed by atoms with Crippen LogP contribution in [0, 0.1) is 35.5 Å². The summed E-state index contributed by atoms with van der Waals surface area (Å²) in [6.45, 7) is 18.2. The molecule has 0 bridgehead atoms. The highest BCUT2D eigenvalue weighted by atomic mass is 16.7. The van der Waals surface area contributed by atoms with E-state index in [4.69, 9.17) is 38.9 Å². The Morgan fingerprint density at radius 2 is 1.77 bits per heavy atom. The maximum atomic E-state index is 13.9. The molecular formula is C46H75NO14. The van der Waals surface area contributed by atoms with Crippen molar-refractivity contribution in [2.24, 2.45) is 41.2 Å². The smallest absolute Gasteiger partial charge is 0.404 e. The van der Waals surface area contributed by atoms with Crippen LogP contribution in [-0.4, -0.2) is 125 Å². The van der Waals surface area contributed by atoms with Crippen LogP contribution in [0.5, 0.6) is 0 Å². The third-order valence-electron chi connectivity index (χ3n) is 12.8. The van der Waals surface area contributed by atoms with Crippen LogP contribution in [0.4, 0.5) is 4.79 Å². The molecule has 0 unspecified atom stereocenters. The van der Waals surface area contributed by atoms with Crippen LogP contribution in [0.2, 0.25) is 0 Å².